The van der Waals surface area contributed by atoms with Gasteiger partial charge in [-0.05, 0) is 30.7 Å². The van der Waals surface area contributed by atoms with Crippen molar-refractivity contribution in [2.45, 2.75) is 13.0 Å². The van der Waals surface area contributed by atoms with Crippen molar-refractivity contribution in [1.82, 2.24) is 20.0 Å². The number of nitrogens with zero attached hydrogens (tertiary/aromatic N) is 3. The number of hydrogen-bond acceptors (Lipinski definition) is 4. The van der Waals surface area contributed by atoms with E-state index < -0.39 is 0 Å². The van der Waals surface area contributed by atoms with Gasteiger partial charge < -0.3 is 15.0 Å². The molecule has 0 unspecified atom stereocenters. The van der Waals surface area contributed by atoms with Crippen molar-refractivity contribution >= 4 is 18.3 Å². The Bertz CT molecular complexity index is 966. The van der Waals surface area contributed by atoms with Crippen LogP contribution in [0.1, 0.15) is 22.3 Å². The van der Waals surface area contributed by atoms with E-state index in [4.69, 9.17) is 9.84 Å². The minimum atomic E-state index is 0. The molecule has 1 N–H and O–H groups in total. The number of halogens is 1. The normalized spacial score (nSPS) is 14.0. The highest BCUT2D eigenvalue weighted by Crippen LogP contribution is 2.27. The van der Waals surface area contributed by atoms with Crippen LogP contribution < -0.4 is 10.1 Å². The molecule has 0 spiro atoms. The Balaban J connectivity index is 0.00000256. The number of carbonyl (C=O) groups is 1. The van der Waals surface area contributed by atoms with Crippen LogP contribution in [0.15, 0.2) is 60.8 Å². The number of methoxy groups -OCH3 is 1. The SMILES string of the molecule is COc1cccc(-c2nn(Cc3ccccc3)cc2C(=O)N2CCCNCC2)c1.Cl. The fourth-order valence-electron chi connectivity index (χ4n) is 3.63. The van der Waals surface area contributed by atoms with Gasteiger partial charge in [-0.2, -0.15) is 5.10 Å². The van der Waals surface area contributed by atoms with Crippen LogP contribution in [-0.2, 0) is 6.54 Å². The van der Waals surface area contributed by atoms with Crippen LogP contribution in [0.3, 0.4) is 0 Å². The van der Waals surface area contributed by atoms with Gasteiger partial charge in [0.05, 0.1) is 19.2 Å². The largest absolute Gasteiger partial charge is 0.497 e. The van der Waals surface area contributed by atoms with Gasteiger partial charge in [0, 0.05) is 31.4 Å². The fourth-order valence-corrected chi connectivity index (χ4v) is 3.63. The molecular formula is C23H27ClN4O2. The minimum absolute atomic E-state index is 0. The summed E-state index contributed by atoms with van der Waals surface area (Å²) >= 11 is 0. The zero-order valence-electron chi connectivity index (χ0n) is 17.1. The van der Waals surface area contributed by atoms with E-state index in [2.05, 4.69) is 17.4 Å². The molecule has 0 saturated carbocycles. The first-order valence-electron chi connectivity index (χ1n) is 10.0. The first-order chi connectivity index (χ1) is 14.2. The molecule has 6 nitrogen and oxygen atoms in total. The number of hydrogen-bond donors (Lipinski definition) is 1. The second-order valence-corrected chi connectivity index (χ2v) is 7.20. The van der Waals surface area contributed by atoms with Gasteiger partial charge in [0.15, 0.2) is 0 Å². The van der Waals surface area contributed by atoms with Crippen molar-refractivity contribution in [1.29, 1.82) is 0 Å². The van der Waals surface area contributed by atoms with Crippen LogP contribution in [-0.4, -0.2) is 53.9 Å². The Morgan fingerprint density at radius 1 is 1.10 bits per heavy atom. The van der Waals surface area contributed by atoms with Crippen LogP contribution in [0.25, 0.3) is 11.3 Å². The summed E-state index contributed by atoms with van der Waals surface area (Å²) in [5, 5.41) is 8.14. The van der Waals surface area contributed by atoms with Crippen molar-refractivity contribution in [3.63, 3.8) is 0 Å². The first kappa shape index (κ1) is 21.9. The average molecular weight is 427 g/mol. The average Bonchev–Trinajstić information content (AvgIpc) is 2.99. The molecule has 30 heavy (non-hydrogen) atoms. The maximum Gasteiger partial charge on any atom is 0.257 e. The highest BCUT2D eigenvalue weighted by Gasteiger charge is 2.24. The summed E-state index contributed by atoms with van der Waals surface area (Å²) < 4.78 is 7.23. The molecule has 1 saturated heterocycles. The van der Waals surface area contributed by atoms with E-state index in [0.717, 1.165) is 42.9 Å². The van der Waals surface area contributed by atoms with Crippen molar-refractivity contribution in [3.05, 3.63) is 71.9 Å². The van der Waals surface area contributed by atoms with E-state index in [-0.39, 0.29) is 18.3 Å². The van der Waals surface area contributed by atoms with Crippen LogP contribution >= 0.6 is 12.4 Å². The molecule has 7 heteroatoms. The molecular weight excluding hydrogens is 400 g/mol. The van der Waals surface area contributed by atoms with Gasteiger partial charge in [-0.25, -0.2) is 0 Å². The summed E-state index contributed by atoms with van der Waals surface area (Å²) in [5.41, 5.74) is 3.36. The van der Waals surface area contributed by atoms with E-state index in [1.54, 1.807) is 7.11 Å². The highest BCUT2D eigenvalue weighted by molar-refractivity contribution is 6.00. The molecule has 1 fully saturated rings. The van der Waals surface area contributed by atoms with Gasteiger partial charge in [0.1, 0.15) is 11.4 Å². The Labute approximate surface area is 183 Å². The molecule has 1 amide bonds. The zero-order valence-corrected chi connectivity index (χ0v) is 17.9. The van der Waals surface area contributed by atoms with Gasteiger partial charge in [0.25, 0.3) is 5.91 Å². The topological polar surface area (TPSA) is 59.4 Å². The third-order valence-electron chi connectivity index (χ3n) is 5.15. The number of ether oxygens (including phenoxy) is 1. The van der Waals surface area contributed by atoms with E-state index in [0.29, 0.717) is 24.3 Å². The quantitative estimate of drug-likeness (QED) is 0.678. The summed E-state index contributed by atoms with van der Waals surface area (Å²) in [7, 11) is 1.64. The molecule has 3 aromatic rings. The number of rotatable bonds is 5. The second-order valence-electron chi connectivity index (χ2n) is 7.20. The zero-order chi connectivity index (χ0) is 20.1. The number of aromatic nitrogens is 2. The maximum absolute atomic E-state index is 13.4. The van der Waals surface area contributed by atoms with Crippen molar-refractivity contribution in [2.75, 3.05) is 33.3 Å². The van der Waals surface area contributed by atoms with Crippen LogP contribution in [0, 0.1) is 0 Å². The van der Waals surface area contributed by atoms with Crippen molar-refractivity contribution in [2.24, 2.45) is 0 Å². The third-order valence-corrected chi connectivity index (χ3v) is 5.15. The van der Waals surface area contributed by atoms with E-state index in [1.165, 1.54) is 0 Å². The molecule has 0 atom stereocenters. The van der Waals surface area contributed by atoms with Crippen molar-refractivity contribution in [3.8, 4) is 17.0 Å². The molecule has 0 radical (unpaired) electrons. The van der Waals surface area contributed by atoms with Gasteiger partial charge in [-0.1, -0.05) is 42.5 Å². The lowest BCUT2D eigenvalue weighted by molar-refractivity contribution is 0.0767. The van der Waals surface area contributed by atoms with Crippen LogP contribution in [0.5, 0.6) is 5.75 Å². The number of amides is 1. The fraction of sp³-hybridized carbons (Fsp3) is 0.304. The predicted molar refractivity (Wildman–Crippen MR) is 120 cm³/mol. The molecule has 1 aliphatic heterocycles. The van der Waals surface area contributed by atoms with Crippen LogP contribution in [0.4, 0.5) is 0 Å². The summed E-state index contributed by atoms with van der Waals surface area (Å²) in [6.07, 6.45) is 2.83. The van der Waals surface area contributed by atoms with Gasteiger partial charge in [0.2, 0.25) is 0 Å². The van der Waals surface area contributed by atoms with Gasteiger partial charge in [-0.15, -0.1) is 12.4 Å². The monoisotopic (exact) mass is 426 g/mol. The molecule has 4 rings (SSSR count). The van der Waals surface area contributed by atoms with Crippen LogP contribution in [0.2, 0.25) is 0 Å². The molecule has 1 aromatic heterocycles. The van der Waals surface area contributed by atoms with Gasteiger partial charge >= 0.3 is 0 Å². The third kappa shape index (κ3) is 5.01. The predicted octanol–water partition coefficient (Wildman–Crippen LogP) is 3.46. The molecule has 2 aromatic carbocycles. The Kier molecular flexibility index (Phi) is 7.49. The number of nitrogens with one attached hydrogen (secondary N) is 1. The van der Waals surface area contributed by atoms with E-state index in [9.17, 15) is 4.79 Å². The number of benzene rings is 2. The summed E-state index contributed by atoms with van der Waals surface area (Å²) in [4.78, 5) is 15.3. The van der Waals surface area contributed by atoms with E-state index in [1.807, 2.05) is 58.2 Å². The number of carbonyl (C=O) groups excluding carboxylic acids is 1. The van der Waals surface area contributed by atoms with Gasteiger partial charge in [-0.3, -0.25) is 9.48 Å². The summed E-state index contributed by atoms with van der Waals surface area (Å²) in [6, 6.07) is 17.9. The second kappa shape index (κ2) is 10.3. The molecule has 1 aliphatic rings. The molecule has 0 bridgehead atoms. The Hall–Kier alpha value is -2.83. The molecule has 2 heterocycles. The standard InChI is InChI=1S/C23H26N4O2.ClH/c1-29-20-10-5-9-19(15-20)22-21(23(28)26-13-6-11-24-12-14-26)17-27(25-22)16-18-7-3-2-4-8-18;/h2-5,7-10,15,17,24H,6,11-14,16H2,1H3;1H. The lowest BCUT2D eigenvalue weighted by Crippen LogP contribution is -2.34. The Morgan fingerprint density at radius 2 is 1.93 bits per heavy atom. The summed E-state index contributed by atoms with van der Waals surface area (Å²) in [5.74, 6) is 0.781. The smallest absolute Gasteiger partial charge is 0.257 e. The molecule has 158 valence electrons. The first-order valence-corrected chi connectivity index (χ1v) is 10.0. The Morgan fingerprint density at radius 3 is 2.73 bits per heavy atom. The lowest BCUT2D eigenvalue weighted by Gasteiger charge is -2.19. The summed E-state index contributed by atoms with van der Waals surface area (Å²) in [6.45, 7) is 3.85. The molecule has 0 aliphatic carbocycles. The highest BCUT2D eigenvalue weighted by atomic mass is 35.5. The van der Waals surface area contributed by atoms with Crippen molar-refractivity contribution < 1.29 is 9.53 Å². The lowest BCUT2D eigenvalue weighted by atomic mass is 10.1. The maximum atomic E-state index is 13.4. The van der Waals surface area contributed by atoms with E-state index >= 15 is 0 Å². The minimum Gasteiger partial charge on any atom is -0.497 e.